The minimum atomic E-state index is 0.420. The van der Waals surface area contributed by atoms with E-state index in [4.69, 9.17) is 4.42 Å². The average molecular weight is 179 g/mol. The average Bonchev–Trinajstić information content (AvgIpc) is 2.62. The highest BCUT2D eigenvalue weighted by molar-refractivity contribution is 5.48. The van der Waals surface area contributed by atoms with Crippen molar-refractivity contribution in [2.24, 2.45) is 7.05 Å². The van der Waals surface area contributed by atoms with Crippen LogP contribution >= 0.6 is 0 Å². The van der Waals surface area contributed by atoms with E-state index in [-0.39, 0.29) is 0 Å². The predicted molar refractivity (Wildman–Crippen MR) is 43.8 cm³/mol. The fourth-order valence-corrected chi connectivity index (χ4v) is 0.994. The fourth-order valence-electron chi connectivity index (χ4n) is 0.994. The summed E-state index contributed by atoms with van der Waals surface area (Å²) in [7, 11) is 1.81. The highest BCUT2D eigenvalue weighted by Crippen LogP contribution is 2.17. The van der Waals surface area contributed by atoms with Crippen LogP contribution in [0.25, 0.3) is 11.6 Å². The van der Waals surface area contributed by atoms with E-state index < -0.39 is 0 Å². The van der Waals surface area contributed by atoms with E-state index >= 15 is 0 Å². The van der Waals surface area contributed by atoms with Crippen molar-refractivity contribution in [1.29, 1.82) is 0 Å². The molecule has 2 aromatic rings. The van der Waals surface area contributed by atoms with Crippen molar-refractivity contribution in [3.8, 4) is 11.6 Å². The zero-order chi connectivity index (χ0) is 9.42. The third-order valence-corrected chi connectivity index (χ3v) is 1.84. The molecule has 0 fully saturated rings. The van der Waals surface area contributed by atoms with Gasteiger partial charge >= 0.3 is 0 Å². The Labute approximate surface area is 74.6 Å². The summed E-state index contributed by atoms with van der Waals surface area (Å²) in [6, 6.07) is 0. The molecule has 0 amide bonds. The molecule has 0 bridgehead atoms. The Kier molecular flexibility index (Phi) is 1.61. The van der Waals surface area contributed by atoms with Gasteiger partial charge in [-0.25, -0.2) is 0 Å². The third-order valence-electron chi connectivity index (χ3n) is 1.84. The molecule has 6 heteroatoms. The molecular formula is C7H9N5O. The molecule has 0 unspecified atom stereocenters. The van der Waals surface area contributed by atoms with E-state index in [0.29, 0.717) is 17.5 Å². The molecule has 0 N–H and O–H groups in total. The molecule has 13 heavy (non-hydrogen) atoms. The van der Waals surface area contributed by atoms with Crippen LogP contribution < -0.4 is 0 Å². The minimum Gasteiger partial charge on any atom is -0.420 e. The first-order chi connectivity index (χ1) is 6.18. The summed E-state index contributed by atoms with van der Waals surface area (Å²) >= 11 is 0. The predicted octanol–water partition coefficient (Wildman–Crippen LogP) is 0.482. The lowest BCUT2D eigenvalue weighted by molar-refractivity contribution is 0.530. The Morgan fingerprint density at radius 3 is 2.38 bits per heavy atom. The van der Waals surface area contributed by atoms with E-state index in [0.717, 1.165) is 5.69 Å². The summed E-state index contributed by atoms with van der Waals surface area (Å²) in [5.41, 5.74) is 1.55. The van der Waals surface area contributed by atoms with Gasteiger partial charge in [-0.1, -0.05) is 5.21 Å². The van der Waals surface area contributed by atoms with Gasteiger partial charge in [-0.15, -0.1) is 15.3 Å². The van der Waals surface area contributed by atoms with Crippen molar-refractivity contribution in [3.05, 3.63) is 11.6 Å². The van der Waals surface area contributed by atoms with Crippen LogP contribution in [-0.2, 0) is 7.05 Å². The zero-order valence-corrected chi connectivity index (χ0v) is 7.64. The molecular weight excluding hydrogens is 170 g/mol. The van der Waals surface area contributed by atoms with Crippen LogP contribution in [0.15, 0.2) is 4.42 Å². The maximum atomic E-state index is 5.23. The van der Waals surface area contributed by atoms with Gasteiger partial charge in [-0.2, -0.15) is 0 Å². The van der Waals surface area contributed by atoms with Gasteiger partial charge in [-0.05, 0) is 6.92 Å². The Hall–Kier alpha value is -1.72. The molecule has 0 saturated heterocycles. The molecule has 2 heterocycles. The Balaban J connectivity index is 2.52. The highest BCUT2D eigenvalue weighted by Gasteiger charge is 2.13. The number of nitrogens with zero attached hydrogens (tertiary/aromatic N) is 5. The molecule has 0 aliphatic carbocycles. The summed E-state index contributed by atoms with van der Waals surface area (Å²) in [5.74, 6) is 0.947. The summed E-state index contributed by atoms with van der Waals surface area (Å²) < 4.78 is 6.89. The summed E-state index contributed by atoms with van der Waals surface area (Å²) in [6.45, 7) is 3.64. The van der Waals surface area contributed by atoms with Gasteiger partial charge in [0.05, 0.1) is 5.69 Å². The molecule has 0 atom stereocenters. The first-order valence-corrected chi connectivity index (χ1v) is 3.85. The van der Waals surface area contributed by atoms with Gasteiger partial charge in [0.15, 0.2) is 5.69 Å². The van der Waals surface area contributed by atoms with Crippen LogP contribution in [0.3, 0.4) is 0 Å². The number of rotatable bonds is 1. The molecule has 0 aliphatic heterocycles. The molecule has 68 valence electrons. The highest BCUT2D eigenvalue weighted by atomic mass is 16.4. The number of aromatic nitrogens is 5. The van der Waals surface area contributed by atoms with E-state index in [2.05, 4.69) is 20.5 Å². The van der Waals surface area contributed by atoms with Crippen molar-refractivity contribution in [2.75, 3.05) is 0 Å². The van der Waals surface area contributed by atoms with Gasteiger partial charge in [0, 0.05) is 14.0 Å². The molecule has 2 aromatic heterocycles. The van der Waals surface area contributed by atoms with Crippen LogP contribution in [0.5, 0.6) is 0 Å². The van der Waals surface area contributed by atoms with Crippen LogP contribution in [0.4, 0.5) is 0 Å². The topological polar surface area (TPSA) is 69.6 Å². The summed E-state index contributed by atoms with van der Waals surface area (Å²) in [4.78, 5) is 0. The van der Waals surface area contributed by atoms with E-state index in [9.17, 15) is 0 Å². The standard InChI is InChI=1S/C7H9N5O/c1-4-6(9-11-12(4)3)7-10-8-5(2)13-7/h1-3H3. The quantitative estimate of drug-likeness (QED) is 0.636. The maximum absolute atomic E-state index is 5.23. The van der Waals surface area contributed by atoms with Crippen LogP contribution in [0.1, 0.15) is 11.6 Å². The smallest absolute Gasteiger partial charge is 0.270 e. The van der Waals surface area contributed by atoms with E-state index in [1.165, 1.54) is 0 Å². The van der Waals surface area contributed by atoms with Gasteiger partial charge in [0.25, 0.3) is 5.89 Å². The SMILES string of the molecule is Cc1nnc(-c2nnn(C)c2C)o1. The molecule has 0 saturated carbocycles. The Bertz CT molecular complexity index is 430. The second kappa shape index (κ2) is 2.65. The lowest BCUT2D eigenvalue weighted by atomic mass is 10.3. The molecule has 0 aromatic carbocycles. The molecule has 0 aliphatic rings. The second-order valence-electron chi connectivity index (χ2n) is 2.77. The monoisotopic (exact) mass is 179 g/mol. The largest absolute Gasteiger partial charge is 0.420 e. The van der Waals surface area contributed by atoms with Crippen LogP contribution in [-0.4, -0.2) is 25.2 Å². The number of hydrogen-bond donors (Lipinski definition) is 0. The number of aryl methyl sites for hydroxylation is 2. The lowest BCUT2D eigenvalue weighted by Crippen LogP contribution is -1.92. The van der Waals surface area contributed by atoms with Crippen molar-refractivity contribution in [1.82, 2.24) is 25.2 Å². The van der Waals surface area contributed by atoms with E-state index in [1.807, 2.05) is 14.0 Å². The summed E-state index contributed by atoms with van der Waals surface area (Å²) in [6.07, 6.45) is 0. The Morgan fingerprint density at radius 2 is 1.92 bits per heavy atom. The Morgan fingerprint density at radius 1 is 1.15 bits per heavy atom. The van der Waals surface area contributed by atoms with Crippen LogP contribution in [0, 0.1) is 13.8 Å². The van der Waals surface area contributed by atoms with Gasteiger partial charge in [-0.3, -0.25) is 4.68 Å². The lowest BCUT2D eigenvalue weighted by Gasteiger charge is -1.90. The molecule has 6 nitrogen and oxygen atoms in total. The first kappa shape index (κ1) is 7.90. The molecule has 2 rings (SSSR count). The van der Waals surface area contributed by atoms with Gasteiger partial charge in [0.2, 0.25) is 5.89 Å². The van der Waals surface area contributed by atoms with Crippen molar-refractivity contribution in [3.63, 3.8) is 0 Å². The van der Waals surface area contributed by atoms with Crippen molar-refractivity contribution >= 4 is 0 Å². The first-order valence-electron chi connectivity index (χ1n) is 3.85. The summed E-state index contributed by atoms with van der Waals surface area (Å²) in [5, 5.41) is 15.3. The van der Waals surface area contributed by atoms with Gasteiger partial charge < -0.3 is 4.42 Å². The zero-order valence-electron chi connectivity index (χ0n) is 7.64. The molecule has 0 spiro atoms. The third kappa shape index (κ3) is 1.20. The second-order valence-corrected chi connectivity index (χ2v) is 2.77. The molecule has 0 radical (unpaired) electrons. The number of hydrogen-bond acceptors (Lipinski definition) is 5. The normalized spacial score (nSPS) is 10.7. The van der Waals surface area contributed by atoms with Crippen molar-refractivity contribution < 1.29 is 4.42 Å². The fraction of sp³-hybridized carbons (Fsp3) is 0.429. The van der Waals surface area contributed by atoms with Crippen molar-refractivity contribution in [2.45, 2.75) is 13.8 Å². The maximum Gasteiger partial charge on any atom is 0.270 e. The van der Waals surface area contributed by atoms with E-state index in [1.54, 1.807) is 11.6 Å². The minimum absolute atomic E-state index is 0.420. The van der Waals surface area contributed by atoms with Gasteiger partial charge in [0.1, 0.15) is 0 Å². The van der Waals surface area contributed by atoms with Crippen LogP contribution in [0.2, 0.25) is 0 Å².